The summed E-state index contributed by atoms with van der Waals surface area (Å²) in [5, 5.41) is 4.41. The van der Waals surface area contributed by atoms with Crippen LogP contribution in [-0.4, -0.2) is 34.7 Å². The van der Waals surface area contributed by atoms with Crippen LogP contribution < -0.4 is 5.59 Å². The maximum atomic E-state index is 6.10. The molecule has 3 rings (SSSR count). The first-order valence-corrected chi connectivity index (χ1v) is 7.41. The first-order valence-electron chi connectivity index (χ1n) is 7.41. The summed E-state index contributed by atoms with van der Waals surface area (Å²) >= 11 is 0. The highest BCUT2D eigenvalue weighted by molar-refractivity contribution is 6.61. The van der Waals surface area contributed by atoms with Crippen LogP contribution in [0.3, 0.4) is 0 Å². The van der Waals surface area contributed by atoms with E-state index in [0.29, 0.717) is 0 Å². The lowest BCUT2D eigenvalue weighted by Crippen LogP contribution is -2.42. The van der Waals surface area contributed by atoms with Crippen LogP contribution in [0.5, 0.6) is 0 Å². The van der Waals surface area contributed by atoms with Crippen molar-refractivity contribution in [3.63, 3.8) is 0 Å². The van der Waals surface area contributed by atoms with Crippen molar-refractivity contribution in [2.24, 2.45) is 0 Å². The maximum Gasteiger partial charge on any atom is 0.514 e. The summed E-state index contributed by atoms with van der Waals surface area (Å²) < 4.78 is 19.9. The molecule has 0 aromatic carbocycles. The van der Waals surface area contributed by atoms with Gasteiger partial charge in [-0.15, -0.1) is 0 Å². The molecule has 2 aliphatic heterocycles. The number of nitrogens with zero attached hydrogens (tertiary/aromatic N) is 2. The molecule has 0 N–H and O–H groups in total. The van der Waals surface area contributed by atoms with Gasteiger partial charge < -0.3 is 14.0 Å². The molecule has 0 saturated carbocycles. The topological polar surface area (TPSA) is 45.5 Å². The Hall–Kier alpha value is -0.845. The zero-order valence-electron chi connectivity index (χ0n) is 12.8. The first kappa shape index (κ1) is 14.1. The fourth-order valence-electron chi connectivity index (χ4n) is 2.63. The van der Waals surface area contributed by atoms with Crippen LogP contribution in [-0.2, 0) is 14.0 Å². The minimum absolute atomic E-state index is 0.00720. The Kier molecular flexibility index (Phi) is 3.43. The van der Waals surface area contributed by atoms with Gasteiger partial charge in [0.2, 0.25) is 0 Å². The van der Waals surface area contributed by atoms with Crippen molar-refractivity contribution in [1.82, 2.24) is 9.78 Å². The second-order valence-electron chi connectivity index (χ2n) is 6.61. The Morgan fingerprint density at radius 1 is 1.20 bits per heavy atom. The van der Waals surface area contributed by atoms with E-state index in [1.807, 2.05) is 10.7 Å². The van der Waals surface area contributed by atoms with Crippen LogP contribution in [0.15, 0.2) is 12.3 Å². The highest BCUT2D eigenvalue weighted by atomic mass is 16.7. The number of rotatable bonds is 2. The van der Waals surface area contributed by atoms with Gasteiger partial charge in [-0.1, -0.05) is 0 Å². The molecule has 0 unspecified atom stereocenters. The number of hydrogen-bond donors (Lipinski definition) is 0. The number of aromatic nitrogens is 2. The summed E-state index contributed by atoms with van der Waals surface area (Å²) in [7, 11) is -0.381. The Morgan fingerprint density at radius 2 is 1.90 bits per heavy atom. The minimum Gasteiger partial charge on any atom is -0.398 e. The fraction of sp³-hybridized carbons (Fsp3) is 0.786. The third-order valence-corrected chi connectivity index (χ3v) is 4.62. The first-order chi connectivity index (χ1) is 9.41. The summed E-state index contributed by atoms with van der Waals surface area (Å²) in [5.74, 6) is 0. The molecule has 2 aliphatic rings. The van der Waals surface area contributed by atoms with Gasteiger partial charge in [0, 0.05) is 12.8 Å². The van der Waals surface area contributed by atoms with Gasteiger partial charge in [-0.25, -0.2) is 4.68 Å². The van der Waals surface area contributed by atoms with Crippen molar-refractivity contribution >= 4 is 12.7 Å². The quantitative estimate of drug-likeness (QED) is 0.775. The van der Waals surface area contributed by atoms with Gasteiger partial charge in [0.05, 0.1) is 16.8 Å². The second kappa shape index (κ2) is 4.86. The molecule has 110 valence electrons. The summed E-state index contributed by atoms with van der Waals surface area (Å²) in [6.45, 7) is 9.04. The van der Waals surface area contributed by atoms with E-state index in [0.717, 1.165) is 25.0 Å². The van der Waals surface area contributed by atoms with Crippen LogP contribution in [0.1, 0.15) is 53.2 Å². The van der Waals surface area contributed by atoms with Crippen LogP contribution in [0.4, 0.5) is 0 Å². The fourth-order valence-corrected chi connectivity index (χ4v) is 2.63. The van der Waals surface area contributed by atoms with Crippen LogP contribution in [0, 0.1) is 0 Å². The minimum atomic E-state index is -0.381. The molecule has 2 saturated heterocycles. The van der Waals surface area contributed by atoms with E-state index in [9.17, 15) is 0 Å². The average Bonchev–Trinajstić information content (AvgIpc) is 2.94. The highest BCUT2D eigenvalue weighted by Crippen LogP contribution is 2.36. The third kappa shape index (κ3) is 2.30. The van der Waals surface area contributed by atoms with Crippen molar-refractivity contribution in [1.29, 1.82) is 0 Å². The third-order valence-electron chi connectivity index (χ3n) is 4.62. The molecular formula is C14H23BN2O3. The predicted molar refractivity (Wildman–Crippen MR) is 76.8 cm³/mol. The summed E-state index contributed by atoms with van der Waals surface area (Å²) in [6, 6.07) is 1.96. The average molecular weight is 278 g/mol. The Bertz CT molecular complexity index is 465. The Balaban J connectivity index is 1.84. The van der Waals surface area contributed by atoms with Gasteiger partial charge >= 0.3 is 7.12 Å². The molecule has 1 aromatic rings. The van der Waals surface area contributed by atoms with Crippen LogP contribution in [0.25, 0.3) is 0 Å². The predicted octanol–water partition coefficient (Wildman–Crippen LogP) is 1.88. The van der Waals surface area contributed by atoms with Crippen molar-refractivity contribution in [2.75, 3.05) is 6.61 Å². The molecule has 0 spiro atoms. The molecule has 1 atom stereocenters. The molecule has 0 bridgehead atoms. The van der Waals surface area contributed by atoms with E-state index in [1.54, 1.807) is 6.20 Å². The number of ether oxygens (including phenoxy) is 1. The van der Waals surface area contributed by atoms with Gasteiger partial charge in [0.1, 0.15) is 6.23 Å². The monoisotopic (exact) mass is 278 g/mol. The van der Waals surface area contributed by atoms with Crippen molar-refractivity contribution in [2.45, 2.75) is 64.4 Å². The van der Waals surface area contributed by atoms with E-state index in [2.05, 4.69) is 32.8 Å². The van der Waals surface area contributed by atoms with Crippen LogP contribution in [0.2, 0.25) is 0 Å². The van der Waals surface area contributed by atoms with E-state index in [1.165, 1.54) is 6.42 Å². The zero-order valence-corrected chi connectivity index (χ0v) is 12.8. The lowest BCUT2D eigenvalue weighted by Gasteiger charge is -2.32. The van der Waals surface area contributed by atoms with Crippen molar-refractivity contribution in [3.8, 4) is 0 Å². The van der Waals surface area contributed by atoms with Gasteiger partial charge in [0.25, 0.3) is 0 Å². The van der Waals surface area contributed by atoms with Gasteiger partial charge in [-0.3, -0.25) is 0 Å². The summed E-state index contributed by atoms with van der Waals surface area (Å²) in [6.07, 6.45) is 5.09. The van der Waals surface area contributed by atoms with Gasteiger partial charge in [-0.2, -0.15) is 5.10 Å². The summed E-state index contributed by atoms with van der Waals surface area (Å²) in [5.41, 5.74) is 0.274. The maximum absolute atomic E-state index is 6.10. The molecule has 2 fully saturated rings. The van der Waals surface area contributed by atoms with Gasteiger partial charge in [0.15, 0.2) is 0 Å². The molecule has 0 aliphatic carbocycles. The molecule has 0 amide bonds. The molecule has 1 aromatic heterocycles. The Morgan fingerprint density at radius 3 is 2.50 bits per heavy atom. The standard InChI is InChI=1S/C14H23BN2O3/c1-13(2)14(3,4)20-15(19-13)11-8-9-16-17(11)12-7-5-6-10-18-12/h8-9,12H,5-7,10H2,1-4H3/t12-/m1/s1. The summed E-state index contributed by atoms with van der Waals surface area (Å²) in [4.78, 5) is 0. The van der Waals surface area contributed by atoms with E-state index in [-0.39, 0.29) is 24.5 Å². The molecule has 6 heteroatoms. The van der Waals surface area contributed by atoms with Crippen molar-refractivity contribution < 1.29 is 14.0 Å². The highest BCUT2D eigenvalue weighted by Gasteiger charge is 2.53. The molecular weight excluding hydrogens is 255 g/mol. The SMILES string of the molecule is CC1(C)OB(c2ccnn2[C@H]2CCCCO2)OC1(C)C. The molecule has 0 radical (unpaired) electrons. The second-order valence-corrected chi connectivity index (χ2v) is 6.61. The lowest BCUT2D eigenvalue weighted by molar-refractivity contribution is -0.0379. The van der Waals surface area contributed by atoms with E-state index >= 15 is 0 Å². The van der Waals surface area contributed by atoms with Gasteiger partial charge in [-0.05, 0) is 53.0 Å². The Labute approximate surface area is 120 Å². The van der Waals surface area contributed by atoms with E-state index < -0.39 is 0 Å². The molecule has 3 heterocycles. The largest absolute Gasteiger partial charge is 0.514 e. The zero-order chi connectivity index (χ0) is 14.4. The lowest BCUT2D eigenvalue weighted by atomic mass is 9.84. The molecule has 5 nitrogen and oxygen atoms in total. The smallest absolute Gasteiger partial charge is 0.398 e. The van der Waals surface area contributed by atoms with E-state index in [4.69, 9.17) is 14.0 Å². The molecule has 20 heavy (non-hydrogen) atoms. The number of hydrogen-bond acceptors (Lipinski definition) is 4. The normalized spacial score (nSPS) is 28.8. The van der Waals surface area contributed by atoms with Crippen LogP contribution >= 0.6 is 0 Å². The van der Waals surface area contributed by atoms with Crippen molar-refractivity contribution in [3.05, 3.63) is 12.3 Å².